The summed E-state index contributed by atoms with van der Waals surface area (Å²) in [4.78, 5) is 21.7. The van der Waals surface area contributed by atoms with Crippen molar-refractivity contribution >= 4 is 11.8 Å². The lowest BCUT2D eigenvalue weighted by molar-refractivity contribution is -0.146. The Hall–Kier alpha value is -1.69. The van der Waals surface area contributed by atoms with Crippen LogP contribution >= 0.6 is 0 Å². The number of ether oxygens (including phenoxy) is 1. The molecule has 1 unspecified atom stereocenters. The molecule has 2 heterocycles. The monoisotopic (exact) mass is 250 g/mol. The molecule has 98 valence electrons. The average Bonchev–Trinajstić information content (AvgIpc) is 2.39. The van der Waals surface area contributed by atoms with Gasteiger partial charge in [0.05, 0.1) is 0 Å². The number of esters is 1. The molecule has 18 heavy (non-hydrogen) atoms. The standard InChI is InChI=1S/C12H18N4O2/c1-9(18-10(2)17)12-14-4-3-11(15-12)16-7-5-13-6-8-16/h3-4,9,13H,5-8H2,1-2H3. The van der Waals surface area contributed by atoms with Crippen LogP contribution in [0.2, 0.25) is 0 Å². The number of nitrogens with zero attached hydrogens (tertiary/aromatic N) is 3. The summed E-state index contributed by atoms with van der Waals surface area (Å²) in [6, 6.07) is 1.88. The summed E-state index contributed by atoms with van der Waals surface area (Å²) >= 11 is 0. The van der Waals surface area contributed by atoms with E-state index in [1.54, 1.807) is 13.1 Å². The largest absolute Gasteiger partial charge is 0.455 e. The van der Waals surface area contributed by atoms with Crippen LogP contribution in [0.25, 0.3) is 0 Å². The second kappa shape index (κ2) is 5.77. The smallest absolute Gasteiger partial charge is 0.303 e. The van der Waals surface area contributed by atoms with Crippen LogP contribution in [-0.4, -0.2) is 42.1 Å². The Kier molecular flexibility index (Phi) is 4.09. The molecule has 0 spiro atoms. The van der Waals surface area contributed by atoms with Gasteiger partial charge in [-0.15, -0.1) is 0 Å². The van der Waals surface area contributed by atoms with Gasteiger partial charge in [0.2, 0.25) is 0 Å². The highest BCUT2D eigenvalue weighted by molar-refractivity contribution is 5.66. The summed E-state index contributed by atoms with van der Waals surface area (Å²) in [6.07, 6.45) is 1.30. The first-order valence-electron chi connectivity index (χ1n) is 6.12. The van der Waals surface area contributed by atoms with Crippen LogP contribution in [0.1, 0.15) is 25.8 Å². The van der Waals surface area contributed by atoms with E-state index in [1.165, 1.54) is 6.92 Å². The van der Waals surface area contributed by atoms with Gasteiger partial charge in [0.25, 0.3) is 0 Å². The van der Waals surface area contributed by atoms with Crippen molar-refractivity contribution in [3.63, 3.8) is 0 Å². The molecule has 1 aliphatic rings. The zero-order valence-electron chi connectivity index (χ0n) is 10.7. The number of hydrogen-bond acceptors (Lipinski definition) is 6. The maximum absolute atomic E-state index is 10.9. The summed E-state index contributed by atoms with van der Waals surface area (Å²) in [5.74, 6) is 1.11. The van der Waals surface area contributed by atoms with Gasteiger partial charge in [0.1, 0.15) is 5.82 Å². The van der Waals surface area contributed by atoms with Gasteiger partial charge in [0.15, 0.2) is 11.9 Å². The fourth-order valence-electron chi connectivity index (χ4n) is 1.93. The molecule has 6 heteroatoms. The van der Waals surface area contributed by atoms with E-state index < -0.39 is 6.10 Å². The summed E-state index contributed by atoms with van der Waals surface area (Å²) in [5.41, 5.74) is 0. The molecule has 1 atom stereocenters. The van der Waals surface area contributed by atoms with Crippen LogP contribution in [0.5, 0.6) is 0 Å². The van der Waals surface area contributed by atoms with Crippen molar-refractivity contribution in [3.8, 4) is 0 Å². The van der Waals surface area contributed by atoms with Gasteiger partial charge >= 0.3 is 5.97 Å². The summed E-state index contributed by atoms with van der Waals surface area (Å²) < 4.78 is 5.08. The number of hydrogen-bond donors (Lipinski definition) is 1. The molecular formula is C12H18N4O2. The molecule has 0 radical (unpaired) electrons. The van der Waals surface area contributed by atoms with E-state index in [0.29, 0.717) is 5.82 Å². The van der Waals surface area contributed by atoms with Crippen LogP contribution < -0.4 is 10.2 Å². The lowest BCUT2D eigenvalue weighted by atomic mass is 10.3. The maximum atomic E-state index is 10.9. The average molecular weight is 250 g/mol. The van der Waals surface area contributed by atoms with Crippen molar-refractivity contribution in [1.29, 1.82) is 0 Å². The Bertz CT molecular complexity index is 418. The van der Waals surface area contributed by atoms with Gasteiger partial charge in [-0.05, 0) is 13.0 Å². The minimum atomic E-state index is -0.412. The fraction of sp³-hybridized carbons (Fsp3) is 0.583. The summed E-state index contributed by atoms with van der Waals surface area (Å²) in [6.45, 7) is 6.93. The Morgan fingerprint density at radius 3 is 2.89 bits per heavy atom. The zero-order chi connectivity index (χ0) is 13.0. The number of nitrogens with one attached hydrogen (secondary N) is 1. The number of aromatic nitrogens is 2. The molecule has 2 rings (SSSR count). The lowest BCUT2D eigenvalue weighted by Gasteiger charge is -2.28. The van der Waals surface area contributed by atoms with Crippen LogP contribution in [0, 0.1) is 0 Å². The first-order valence-corrected chi connectivity index (χ1v) is 6.12. The van der Waals surface area contributed by atoms with Crippen molar-refractivity contribution in [1.82, 2.24) is 15.3 Å². The second-order valence-corrected chi connectivity index (χ2v) is 4.26. The molecule has 0 bridgehead atoms. The molecule has 1 aliphatic heterocycles. The minimum absolute atomic E-state index is 0.321. The van der Waals surface area contributed by atoms with Crippen LogP contribution in [-0.2, 0) is 9.53 Å². The first-order chi connectivity index (χ1) is 8.66. The Morgan fingerprint density at radius 1 is 1.50 bits per heavy atom. The maximum Gasteiger partial charge on any atom is 0.303 e. The van der Waals surface area contributed by atoms with E-state index in [1.807, 2.05) is 6.07 Å². The van der Waals surface area contributed by atoms with Crippen molar-refractivity contribution in [2.75, 3.05) is 31.1 Å². The van der Waals surface area contributed by atoms with Gasteiger partial charge in [-0.1, -0.05) is 0 Å². The molecule has 1 fully saturated rings. The molecule has 1 aromatic rings. The molecule has 1 saturated heterocycles. The fourth-order valence-corrected chi connectivity index (χ4v) is 1.93. The number of piperazine rings is 1. The van der Waals surface area contributed by atoms with Crippen molar-refractivity contribution < 1.29 is 9.53 Å². The van der Waals surface area contributed by atoms with Crippen LogP contribution in [0.3, 0.4) is 0 Å². The number of carbonyl (C=O) groups is 1. The Balaban J connectivity index is 2.11. The Labute approximate surface area is 106 Å². The number of carbonyl (C=O) groups excluding carboxylic acids is 1. The predicted molar refractivity (Wildman–Crippen MR) is 67.3 cm³/mol. The van der Waals surface area contributed by atoms with E-state index in [-0.39, 0.29) is 5.97 Å². The minimum Gasteiger partial charge on any atom is -0.455 e. The molecule has 0 amide bonds. The molecule has 0 aromatic carbocycles. The van der Waals surface area contributed by atoms with E-state index in [9.17, 15) is 4.79 Å². The third-order valence-corrected chi connectivity index (χ3v) is 2.81. The highest BCUT2D eigenvalue weighted by Gasteiger charge is 2.16. The number of anilines is 1. The topological polar surface area (TPSA) is 67.3 Å². The van der Waals surface area contributed by atoms with Crippen LogP contribution in [0.4, 0.5) is 5.82 Å². The predicted octanol–water partition coefficient (Wildman–Crippen LogP) is 0.510. The van der Waals surface area contributed by atoms with E-state index >= 15 is 0 Å². The first kappa shape index (κ1) is 12.8. The quantitative estimate of drug-likeness (QED) is 0.788. The third kappa shape index (κ3) is 3.16. The summed E-state index contributed by atoms with van der Waals surface area (Å²) in [7, 11) is 0. The van der Waals surface area contributed by atoms with E-state index in [0.717, 1.165) is 32.0 Å². The highest BCUT2D eigenvalue weighted by Crippen LogP contribution is 2.16. The molecule has 0 saturated carbocycles. The van der Waals surface area contributed by atoms with Gasteiger partial charge < -0.3 is 15.0 Å². The lowest BCUT2D eigenvalue weighted by Crippen LogP contribution is -2.44. The van der Waals surface area contributed by atoms with Crippen LogP contribution in [0.15, 0.2) is 12.3 Å². The van der Waals surface area contributed by atoms with Crippen molar-refractivity contribution in [2.24, 2.45) is 0 Å². The zero-order valence-corrected chi connectivity index (χ0v) is 10.7. The normalized spacial score (nSPS) is 17.3. The Morgan fingerprint density at radius 2 is 2.22 bits per heavy atom. The van der Waals surface area contributed by atoms with Crippen molar-refractivity contribution in [2.45, 2.75) is 20.0 Å². The van der Waals surface area contributed by atoms with Gasteiger partial charge in [-0.25, -0.2) is 9.97 Å². The summed E-state index contributed by atoms with van der Waals surface area (Å²) in [5, 5.41) is 3.29. The van der Waals surface area contributed by atoms with Gasteiger partial charge in [-0.2, -0.15) is 0 Å². The molecular weight excluding hydrogens is 232 g/mol. The molecule has 6 nitrogen and oxygen atoms in total. The SMILES string of the molecule is CC(=O)OC(C)c1nccc(N2CCNCC2)n1. The molecule has 1 N–H and O–H groups in total. The van der Waals surface area contributed by atoms with Gasteiger partial charge in [0, 0.05) is 39.3 Å². The highest BCUT2D eigenvalue weighted by atomic mass is 16.5. The molecule has 1 aromatic heterocycles. The van der Waals surface area contributed by atoms with E-state index in [4.69, 9.17) is 4.74 Å². The second-order valence-electron chi connectivity index (χ2n) is 4.26. The van der Waals surface area contributed by atoms with E-state index in [2.05, 4.69) is 20.2 Å². The van der Waals surface area contributed by atoms with Crippen molar-refractivity contribution in [3.05, 3.63) is 18.1 Å². The van der Waals surface area contributed by atoms with Gasteiger partial charge in [-0.3, -0.25) is 4.79 Å². The molecule has 0 aliphatic carbocycles. The third-order valence-electron chi connectivity index (χ3n) is 2.81. The number of rotatable bonds is 3.